The lowest BCUT2D eigenvalue weighted by atomic mass is 10.2. The molecule has 0 saturated carbocycles. The van der Waals surface area contributed by atoms with Crippen LogP contribution in [0.4, 0.5) is 0 Å². The van der Waals surface area contributed by atoms with Crippen LogP contribution >= 0.6 is 11.8 Å². The number of nitrogens with one attached hydrogen (secondary N) is 2. The molecule has 0 aliphatic heterocycles. The van der Waals surface area contributed by atoms with Gasteiger partial charge in [-0.05, 0) is 24.6 Å². The molecule has 3 aromatic rings. The summed E-state index contributed by atoms with van der Waals surface area (Å²) >= 11 is 1.35. The summed E-state index contributed by atoms with van der Waals surface area (Å²) in [6.45, 7) is 2.03. The molecule has 1 aromatic heterocycles. The smallest absolute Gasteiger partial charge is 0.250 e. The molecule has 116 valence electrons. The first kappa shape index (κ1) is 15.3. The van der Waals surface area contributed by atoms with Crippen molar-refractivity contribution in [3.63, 3.8) is 0 Å². The second-order valence-electron chi connectivity index (χ2n) is 5.05. The Morgan fingerprint density at radius 1 is 1.26 bits per heavy atom. The quantitative estimate of drug-likeness (QED) is 0.430. The van der Waals surface area contributed by atoms with Crippen molar-refractivity contribution in [3.8, 4) is 0 Å². The molecule has 0 saturated heterocycles. The van der Waals surface area contributed by atoms with E-state index in [1.54, 1.807) is 6.21 Å². The normalized spacial score (nSPS) is 11.2. The van der Waals surface area contributed by atoms with Crippen molar-refractivity contribution in [2.24, 2.45) is 5.10 Å². The Morgan fingerprint density at radius 2 is 2.04 bits per heavy atom. The average Bonchev–Trinajstić information content (AvgIpc) is 2.98. The van der Waals surface area contributed by atoms with E-state index < -0.39 is 0 Å². The van der Waals surface area contributed by atoms with Gasteiger partial charge < -0.3 is 4.98 Å². The first-order valence-corrected chi connectivity index (χ1v) is 8.15. The fourth-order valence-electron chi connectivity index (χ4n) is 2.00. The number of aryl methyl sites for hydroxylation is 1. The van der Waals surface area contributed by atoms with Gasteiger partial charge in [0.25, 0.3) is 5.91 Å². The number of fused-ring (bicyclic) bond motifs is 1. The van der Waals surface area contributed by atoms with Crippen LogP contribution in [0.1, 0.15) is 11.1 Å². The number of carbonyl (C=O) groups excluding carboxylic acids is 1. The van der Waals surface area contributed by atoms with Gasteiger partial charge in [0.05, 0.1) is 23.0 Å². The minimum atomic E-state index is -0.168. The second kappa shape index (κ2) is 7.11. The molecule has 0 aliphatic rings. The molecular formula is C17H16N4OS. The number of nitrogens with zero attached hydrogens (tertiary/aromatic N) is 2. The largest absolute Gasteiger partial charge is 0.333 e. The fourth-order valence-corrected chi connectivity index (χ4v) is 2.67. The van der Waals surface area contributed by atoms with Crippen molar-refractivity contribution in [3.05, 3.63) is 59.7 Å². The molecule has 1 amide bonds. The topological polar surface area (TPSA) is 70.1 Å². The Hall–Kier alpha value is -2.60. The predicted octanol–water partition coefficient (Wildman–Crippen LogP) is 3.11. The molecule has 2 aromatic carbocycles. The molecule has 0 fully saturated rings. The third-order valence-electron chi connectivity index (χ3n) is 3.19. The molecule has 6 heteroatoms. The third kappa shape index (κ3) is 4.20. The Kier molecular flexibility index (Phi) is 4.73. The van der Waals surface area contributed by atoms with Crippen LogP contribution in [0.2, 0.25) is 0 Å². The number of carbonyl (C=O) groups is 1. The van der Waals surface area contributed by atoms with E-state index in [2.05, 4.69) is 20.5 Å². The highest BCUT2D eigenvalue weighted by atomic mass is 32.2. The number of amides is 1. The maximum Gasteiger partial charge on any atom is 0.250 e. The highest BCUT2D eigenvalue weighted by Crippen LogP contribution is 2.18. The van der Waals surface area contributed by atoms with Gasteiger partial charge in [-0.3, -0.25) is 4.79 Å². The predicted molar refractivity (Wildman–Crippen MR) is 93.7 cm³/mol. The highest BCUT2D eigenvalue weighted by Gasteiger charge is 2.06. The van der Waals surface area contributed by atoms with E-state index in [9.17, 15) is 4.79 Å². The standard InChI is InChI=1S/C17H16N4OS/c1-12-6-8-13(9-7-12)10-18-21-16(22)11-23-17-19-14-4-2-3-5-15(14)20-17/h2-10H,11H2,1H3,(H,19,20)(H,21,22)/b18-10-. The molecule has 0 aliphatic carbocycles. The van der Waals surface area contributed by atoms with E-state index in [1.165, 1.54) is 17.3 Å². The van der Waals surface area contributed by atoms with Gasteiger partial charge in [-0.15, -0.1) is 0 Å². The molecule has 23 heavy (non-hydrogen) atoms. The number of hydrogen-bond donors (Lipinski definition) is 2. The summed E-state index contributed by atoms with van der Waals surface area (Å²) in [5.74, 6) is 0.0873. The molecule has 3 rings (SSSR count). The van der Waals surface area contributed by atoms with E-state index in [0.717, 1.165) is 21.8 Å². The number of H-pyrrole nitrogens is 1. The number of aromatic amines is 1. The monoisotopic (exact) mass is 324 g/mol. The lowest BCUT2D eigenvalue weighted by molar-refractivity contribution is -0.118. The minimum absolute atomic E-state index is 0.168. The number of benzene rings is 2. The number of aromatic nitrogens is 2. The van der Waals surface area contributed by atoms with Crippen LogP contribution < -0.4 is 5.43 Å². The SMILES string of the molecule is Cc1ccc(/C=N\NC(=O)CSc2nc3ccccc3[nH]2)cc1. The van der Waals surface area contributed by atoms with Crippen molar-refractivity contribution in [2.75, 3.05) is 5.75 Å². The zero-order valence-electron chi connectivity index (χ0n) is 12.6. The summed E-state index contributed by atoms with van der Waals surface area (Å²) < 4.78 is 0. The Balaban J connectivity index is 1.50. The molecule has 2 N–H and O–H groups in total. The third-order valence-corrected chi connectivity index (χ3v) is 4.06. The van der Waals surface area contributed by atoms with Crippen molar-refractivity contribution < 1.29 is 4.79 Å². The molecule has 1 heterocycles. The van der Waals surface area contributed by atoms with E-state index in [1.807, 2.05) is 55.5 Å². The zero-order chi connectivity index (χ0) is 16.1. The molecule has 0 unspecified atom stereocenters. The Bertz CT molecular complexity index is 806. The van der Waals surface area contributed by atoms with Crippen LogP contribution in [0.15, 0.2) is 58.8 Å². The summed E-state index contributed by atoms with van der Waals surface area (Å²) in [5.41, 5.74) is 6.51. The van der Waals surface area contributed by atoms with E-state index in [-0.39, 0.29) is 11.7 Å². The number of hydrazone groups is 1. The number of para-hydroxylation sites is 2. The number of thioether (sulfide) groups is 1. The summed E-state index contributed by atoms with van der Waals surface area (Å²) in [5, 5.41) is 4.68. The first-order chi connectivity index (χ1) is 11.2. The van der Waals surface area contributed by atoms with Gasteiger partial charge >= 0.3 is 0 Å². The number of rotatable bonds is 5. The van der Waals surface area contributed by atoms with Gasteiger partial charge in [-0.2, -0.15) is 5.10 Å². The average molecular weight is 324 g/mol. The van der Waals surface area contributed by atoms with Crippen LogP contribution in [0.25, 0.3) is 11.0 Å². The summed E-state index contributed by atoms with van der Waals surface area (Å²) in [6.07, 6.45) is 1.63. The molecule has 0 bridgehead atoms. The maximum absolute atomic E-state index is 11.8. The fraction of sp³-hybridized carbons (Fsp3) is 0.118. The molecule has 0 spiro atoms. The van der Waals surface area contributed by atoms with Gasteiger partial charge in [0.15, 0.2) is 5.16 Å². The van der Waals surface area contributed by atoms with E-state index in [0.29, 0.717) is 0 Å². The van der Waals surface area contributed by atoms with Crippen molar-refractivity contribution in [1.82, 2.24) is 15.4 Å². The van der Waals surface area contributed by atoms with E-state index >= 15 is 0 Å². The number of hydrogen-bond acceptors (Lipinski definition) is 4. The van der Waals surface area contributed by atoms with Crippen molar-refractivity contribution in [1.29, 1.82) is 0 Å². The van der Waals surface area contributed by atoms with Crippen LogP contribution in [0.5, 0.6) is 0 Å². The van der Waals surface area contributed by atoms with Gasteiger partial charge in [0.1, 0.15) is 0 Å². The Morgan fingerprint density at radius 3 is 2.83 bits per heavy atom. The summed E-state index contributed by atoms with van der Waals surface area (Å²) in [7, 11) is 0. The summed E-state index contributed by atoms with van der Waals surface area (Å²) in [6, 6.07) is 15.7. The maximum atomic E-state index is 11.8. The van der Waals surface area contributed by atoms with Crippen molar-refractivity contribution >= 4 is 34.9 Å². The zero-order valence-corrected chi connectivity index (χ0v) is 13.4. The van der Waals surface area contributed by atoms with E-state index in [4.69, 9.17) is 0 Å². The molecule has 0 atom stereocenters. The van der Waals surface area contributed by atoms with Gasteiger partial charge in [-0.25, -0.2) is 10.4 Å². The minimum Gasteiger partial charge on any atom is -0.333 e. The lowest BCUT2D eigenvalue weighted by Crippen LogP contribution is -2.19. The van der Waals surface area contributed by atoms with Crippen molar-refractivity contribution in [2.45, 2.75) is 12.1 Å². The molecule has 5 nitrogen and oxygen atoms in total. The van der Waals surface area contributed by atoms with Gasteiger partial charge in [-0.1, -0.05) is 53.7 Å². The highest BCUT2D eigenvalue weighted by molar-refractivity contribution is 7.99. The number of imidazole rings is 1. The summed E-state index contributed by atoms with van der Waals surface area (Å²) in [4.78, 5) is 19.4. The van der Waals surface area contributed by atoms with Crippen LogP contribution in [-0.4, -0.2) is 27.8 Å². The second-order valence-corrected chi connectivity index (χ2v) is 6.02. The molecule has 0 radical (unpaired) electrons. The molecular weight excluding hydrogens is 308 g/mol. The Labute approximate surface area is 138 Å². The van der Waals surface area contributed by atoms with Gasteiger partial charge in [0.2, 0.25) is 0 Å². The van der Waals surface area contributed by atoms with Gasteiger partial charge in [0, 0.05) is 0 Å². The lowest BCUT2D eigenvalue weighted by Gasteiger charge is -1.98. The first-order valence-electron chi connectivity index (χ1n) is 7.17. The van der Waals surface area contributed by atoms with Crippen LogP contribution in [0.3, 0.4) is 0 Å². The van der Waals surface area contributed by atoms with Crippen LogP contribution in [-0.2, 0) is 4.79 Å². The van der Waals surface area contributed by atoms with Crippen LogP contribution in [0, 0.1) is 6.92 Å².